The maximum absolute atomic E-state index is 6.07. The molecule has 3 rings (SSSR count). The number of hydrogen-bond donors (Lipinski definition) is 0. The SMILES string of the molecule is CC(Cc1c(Br)n(COCC[Si](C)(C)C)c2ccccc12)N1CC=CCC1. The first-order chi connectivity index (χ1) is 12.9. The van der Waals surface area contributed by atoms with Crippen molar-refractivity contribution in [3.05, 3.63) is 46.6 Å². The second-order valence-electron chi connectivity index (χ2n) is 8.87. The summed E-state index contributed by atoms with van der Waals surface area (Å²) in [5.74, 6) is 0. The zero-order valence-electron chi connectivity index (χ0n) is 17.2. The van der Waals surface area contributed by atoms with E-state index in [0.29, 0.717) is 12.8 Å². The number of hydrogen-bond acceptors (Lipinski definition) is 2. The molecule has 27 heavy (non-hydrogen) atoms. The van der Waals surface area contributed by atoms with Crippen molar-refractivity contribution in [2.24, 2.45) is 0 Å². The van der Waals surface area contributed by atoms with E-state index >= 15 is 0 Å². The number of nitrogens with zero attached hydrogens (tertiary/aromatic N) is 2. The van der Waals surface area contributed by atoms with Gasteiger partial charge in [0.05, 0.1) is 10.1 Å². The first-order valence-corrected chi connectivity index (χ1v) is 14.6. The molecule has 1 aliphatic heterocycles. The molecule has 2 aromatic rings. The van der Waals surface area contributed by atoms with E-state index in [4.69, 9.17) is 4.74 Å². The lowest BCUT2D eigenvalue weighted by atomic mass is 10.0. The van der Waals surface area contributed by atoms with Crippen molar-refractivity contribution in [3.8, 4) is 0 Å². The molecule has 0 saturated heterocycles. The molecular weight excluding hydrogens is 416 g/mol. The Morgan fingerprint density at radius 3 is 2.67 bits per heavy atom. The fourth-order valence-electron chi connectivity index (χ4n) is 3.68. The molecule has 0 fully saturated rings. The highest BCUT2D eigenvalue weighted by Gasteiger charge is 2.21. The number of fused-ring (bicyclic) bond motifs is 1. The lowest BCUT2D eigenvalue weighted by Gasteiger charge is -2.29. The number of rotatable bonds is 8. The summed E-state index contributed by atoms with van der Waals surface area (Å²) >= 11 is 3.90. The fourth-order valence-corrected chi connectivity index (χ4v) is 5.11. The lowest BCUT2D eigenvalue weighted by Crippen LogP contribution is -2.37. The van der Waals surface area contributed by atoms with Crippen molar-refractivity contribution >= 4 is 34.9 Å². The average molecular weight is 450 g/mol. The molecule has 5 heteroatoms. The normalized spacial score (nSPS) is 16.9. The maximum Gasteiger partial charge on any atom is 0.123 e. The summed E-state index contributed by atoms with van der Waals surface area (Å²) in [5, 5.41) is 1.34. The van der Waals surface area contributed by atoms with E-state index in [2.05, 4.69) is 88.4 Å². The monoisotopic (exact) mass is 448 g/mol. The van der Waals surface area contributed by atoms with Crippen LogP contribution in [-0.2, 0) is 17.9 Å². The molecular formula is C22H33BrN2OSi. The maximum atomic E-state index is 6.07. The van der Waals surface area contributed by atoms with Crippen LogP contribution in [0.3, 0.4) is 0 Å². The van der Waals surface area contributed by atoms with Gasteiger partial charge in [0.1, 0.15) is 6.73 Å². The Labute approximate surface area is 173 Å². The van der Waals surface area contributed by atoms with E-state index in [-0.39, 0.29) is 0 Å². The summed E-state index contributed by atoms with van der Waals surface area (Å²) in [6.07, 6.45) is 6.81. The number of ether oxygens (including phenoxy) is 1. The van der Waals surface area contributed by atoms with Crippen LogP contribution >= 0.6 is 15.9 Å². The molecule has 0 aliphatic carbocycles. The first-order valence-electron chi connectivity index (χ1n) is 10.1. The summed E-state index contributed by atoms with van der Waals surface area (Å²) in [4.78, 5) is 2.57. The topological polar surface area (TPSA) is 17.4 Å². The first kappa shape index (κ1) is 20.8. The summed E-state index contributed by atoms with van der Waals surface area (Å²) in [6.45, 7) is 13.2. The predicted octanol–water partition coefficient (Wildman–Crippen LogP) is 5.91. The van der Waals surface area contributed by atoms with Gasteiger partial charge in [-0.15, -0.1) is 0 Å². The van der Waals surface area contributed by atoms with Crippen LogP contribution in [-0.4, -0.2) is 43.3 Å². The second kappa shape index (κ2) is 9.08. The van der Waals surface area contributed by atoms with Crippen LogP contribution < -0.4 is 0 Å². The van der Waals surface area contributed by atoms with Crippen molar-refractivity contribution in [2.45, 2.75) is 58.2 Å². The predicted molar refractivity (Wildman–Crippen MR) is 122 cm³/mol. The third kappa shape index (κ3) is 5.34. The molecule has 1 unspecified atom stereocenters. The Bertz CT molecular complexity index is 793. The zero-order chi connectivity index (χ0) is 19.4. The highest BCUT2D eigenvalue weighted by Crippen LogP contribution is 2.32. The Kier molecular flexibility index (Phi) is 7.01. The fraction of sp³-hybridized carbons (Fsp3) is 0.545. The van der Waals surface area contributed by atoms with Gasteiger partial charge in [0.2, 0.25) is 0 Å². The van der Waals surface area contributed by atoms with E-state index < -0.39 is 8.07 Å². The number of benzene rings is 1. The molecule has 0 N–H and O–H groups in total. The van der Waals surface area contributed by atoms with Crippen molar-refractivity contribution in [3.63, 3.8) is 0 Å². The molecule has 148 valence electrons. The van der Waals surface area contributed by atoms with Crippen LogP contribution in [0.5, 0.6) is 0 Å². The highest BCUT2D eigenvalue weighted by molar-refractivity contribution is 9.10. The quantitative estimate of drug-likeness (QED) is 0.283. The van der Waals surface area contributed by atoms with Crippen LogP contribution in [0.4, 0.5) is 0 Å². The number of para-hydroxylation sites is 1. The molecule has 2 heterocycles. The van der Waals surface area contributed by atoms with Gasteiger partial charge in [-0.1, -0.05) is 50.0 Å². The van der Waals surface area contributed by atoms with Gasteiger partial charge in [0, 0.05) is 39.2 Å². The minimum Gasteiger partial charge on any atom is -0.361 e. The third-order valence-electron chi connectivity index (χ3n) is 5.44. The Morgan fingerprint density at radius 1 is 1.19 bits per heavy atom. The van der Waals surface area contributed by atoms with E-state index in [1.807, 2.05) is 0 Å². The minimum absolute atomic E-state index is 0.526. The molecule has 0 spiro atoms. The lowest BCUT2D eigenvalue weighted by molar-refractivity contribution is 0.0887. The van der Waals surface area contributed by atoms with Crippen molar-refractivity contribution < 1.29 is 4.74 Å². The molecule has 0 bridgehead atoms. The van der Waals surface area contributed by atoms with E-state index in [0.717, 1.165) is 32.5 Å². The highest BCUT2D eigenvalue weighted by atomic mass is 79.9. The van der Waals surface area contributed by atoms with Crippen molar-refractivity contribution in [1.29, 1.82) is 0 Å². The summed E-state index contributed by atoms with van der Waals surface area (Å²) < 4.78 is 9.53. The van der Waals surface area contributed by atoms with Gasteiger partial charge >= 0.3 is 0 Å². The average Bonchev–Trinajstić information content (AvgIpc) is 2.91. The molecule has 0 saturated carbocycles. The van der Waals surface area contributed by atoms with Crippen LogP contribution in [0.2, 0.25) is 25.7 Å². The van der Waals surface area contributed by atoms with Gasteiger partial charge in [0.15, 0.2) is 0 Å². The summed E-state index contributed by atoms with van der Waals surface area (Å²) in [6, 6.07) is 10.4. The van der Waals surface area contributed by atoms with Crippen LogP contribution in [0.25, 0.3) is 10.9 Å². The van der Waals surface area contributed by atoms with Gasteiger partial charge < -0.3 is 9.30 Å². The van der Waals surface area contributed by atoms with Gasteiger partial charge in [-0.25, -0.2) is 0 Å². The van der Waals surface area contributed by atoms with Crippen LogP contribution in [0, 0.1) is 0 Å². The second-order valence-corrected chi connectivity index (χ2v) is 15.2. The molecule has 3 nitrogen and oxygen atoms in total. The Balaban J connectivity index is 1.77. The molecule has 1 atom stereocenters. The minimum atomic E-state index is -1.06. The van der Waals surface area contributed by atoms with E-state index in [1.165, 1.54) is 27.1 Å². The molecule has 1 aromatic heterocycles. The summed E-state index contributed by atoms with van der Waals surface area (Å²) in [7, 11) is -1.06. The third-order valence-corrected chi connectivity index (χ3v) is 8.05. The standard InChI is InChI=1S/C22H33BrN2OSi/c1-18(24-12-8-5-9-13-24)16-20-19-10-6-7-11-21(19)25(22(20)23)17-26-14-15-27(2,3)4/h5-8,10-11,18H,9,12-17H2,1-4H3. The molecule has 1 aliphatic rings. The Hall–Kier alpha value is -0.883. The molecule has 1 aromatic carbocycles. The largest absolute Gasteiger partial charge is 0.361 e. The number of aromatic nitrogens is 1. The van der Waals surface area contributed by atoms with E-state index in [9.17, 15) is 0 Å². The van der Waals surface area contributed by atoms with Gasteiger partial charge in [-0.2, -0.15) is 0 Å². The van der Waals surface area contributed by atoms with Crippen LogP contribution in [0.15, 0.2) is 41.0 Å². The molecule has 0 amide bonds. The Morgan fingerprint density at radius 2 is 1.96 bits per heavy atom. The van der Waals surface area contributed by atoms with Crippen LogP contribution in [0.1, 0.15) is 18.9 Å². The summed E-state index contributed by atoms with van der Waals surface area (Å²) in [5.41, 5.74) is 2.67. The number of halogens is 1. The van der Waals surface area contributed by atoms with Gasteiger partial charge in [-0.05, 0) is 53.4 Å². The van der Waals surface area contributed by atoms with Crippen molar-refractivity contribution in [2.75, 3.05) is 19.7 Å². The smallest absolute Gasteiger partial charge is 0.123 e. The molecule has 0 radical (unpaired) electrons. The van der Waals surface area contributed by atoms with Crippen molar-refractivity contribution in [1.82, 2.24) is 9.47 Å². The van der Waals surface area contributed by atoms with Gasteiger partial charge in [-0.3, -0.25) is 4.90 Å². The van der Waals surface area contributed by atoms with Gasteiger partial charge in [0.25, 0.3) is 0 Å². The zero-order valence-corrected chi connectivity index (χ0v) is 19.8. The van der Waals surface area contributed by atoms with E-state index in [1.54, 1.807) is 0 Å².